The second kappa shape index (κ2) is 7.47. The SMILES string of the molecule is O=C(Cc1ccc(Cl)cc1)NCc1nnc(-c2ccc(Cl)cc2)o1. The first kappa shape index (κ1) is 16.5. The summed E-state index contributed by atoms with van der Waals surface area (Å²) in [7, 11) is 0. The predicted octanol–water partition coefficient (Wildman–Crippen LogP) is 3.90. The number of halogens is 2. The molecule has 1 heterocycles. The number of amides is 1. The lowest BCUT2D eigenvalue weighted by Gasteiger charge is -2.03. The van der Waals surface area contributed by atoms with Crippen molar-refractivity contribution in [3.05, 3.63) is 70.0 Å². The Hall–Kier alpha value is -2.37. The van der Waals surface area contributed by atoms with Crippen molar-refractivity contribution in [1.29, 1.82) is 0 Å². The van der Waals surface area contributed by atoms with E-state index in [-0.39, 0.29) is 18.9 Å². The molecule has 0 spiro atoms. The highest BCUT2D eigenvalue weighted by Gasteiger charge is 2.10. The minimum atomic E-state index is -0.136. The van der Waals surface area contributed by atoms with Crippen LogP contribution in [0, 0.1) is 0 Å². The van der Waals surface area contributed by atoms with Crippen LogP contribution in [0.1, 0.15) is 11.5 Å². The third-order valence-corrected chi connectivity index (χ3v) is 3.78. The molecular formula is C17H13Cl2N3O2. The molecule has 5 nitrogen and oxygen atoms in total. The summed E-state index contributed by atoms with van der Waals surface area (Å²) < 4.78 is 5.53. The van der Waals surface area contributed by atoms with Gasteiger partial charge in [0.1, 0.15) is 0 Å². The van der Waals surface area contributed by atoms with Gasteiger partial charge < -0.3 is 9.73 Å². The van der Waals surface area contributed by atoms with Crippen molar-refractivity contribution in [2.45, 2.75) is 13.0 Å². The van der Waals surface area contributed by atoms with Crippen LogP contribution >= 0.6 is 23.2 Å². The summed E-state index contributed by atoms with van der Waals surface area (Å²) in [5, 5.41) is 11.9. The first-order valence-electron chi connectivity index (χ1n) is 7.19. The number of benzene rings is 2. The lowest BCUT2D eigenvalue weighted by Crippen LogP contribution is -2.24. The van der Waals surface area contributed by atoms with Crippen LogP contribution in [0.15, 0.2) is 52.9 Å². The smallest absolute Gasteiger partial charge is 0.247 e. The third-order valence-electron chi connectivity index (χ3n) is 3.27. The molecule has 0 atom stereocenters. The number of rotatable bonds is 5. The Kier molecular flexibility index (Phi) is 5.13. The van der Waals surface area contributed by atoms with Gasteiger partial charge in [-0.25, -0.2) is 0 Å². The van der Waals surface area contributed by atoms with Gasteiger partial charge in [-0.1, -0.05) is 35.3 Å². The van der Waals surface area contributed by atoms with E-state index in [2.05, 4.69) is 15.5 Å². The van der Waals surface area contributed by atoms with Crippen LogP contribution in [0.25, 0.3) is 11.5 Å². The van der Waals surface area contributed by atoms with E-state index in [9.17, 15) is 4.79 Å². The Morgan fingerprint density at radius 2 is 1.58 bits per heavy atom. The van der Waals surface area contributed by atoms with Gasteiger partial charge >= 0.3 is 0 Å². The van der Waals surface area contributed by atoms with E-state index in [0.717, 1.165) is 11.1 Å². The van der Waals surface area contributed by atoms with Gasteiger partial charge in [-0.05, 0) is 42.0 Å². The molecule has 0 aliphatic carbocycles. The fourth-order valence-electron chi connectivity index (χ4n) is 2.06. The van der Waals surface area contributed by atoms with Crippen molar-refractivity contribution in [1.82, 2.24) is 15.5 Å². The lowest BCUT2D eigenvalue weighted by molar-refractivity contribution is -0.120. The fraction of sp³-hybridized carbons (Fsp3) is 0.118. The molecule has 1 N–H and O–H groups in total. The molecule has 3 rings (SSSR count). The Morgan fingerprint density at radius 3 is 2.25 bits per heavy atom. The highest BCUT2D eigenvalue weighted by molar-refractivity contribution is 6.30. The summed E-state index contributed by atoms with van der Waals surface area (Å²) in [5.74, 6) is 0.585. The summed E-state index contributed by atoms with van der Waals surface area (Å²) in [6.07, 6.45) is 0.259. The number of hydrogen-bond donors (Lipinski definition) is 1. The third kappa shape index (κ3) is 4.34. The van der Waals surface area contributed by atoms with E-state index in [1.807, 2.05) is 12.1 Å². The van der Waals surface area contributed by atoms with Crippen molar-refractivity contribution >= 4 is 29.1 Å². The first-order chi connectivity index (χ1) is 11.6. The fourth-order valence-corrected chi connectivity index (χ4v) is 2.31. The first-order valence-corrected chi connectivity index (χ1v) is 7.95. The maximum absolute atomic E-state index is 11.9. The number of carbonyl (C=O) groups is 1. The van der Waals surface area contributed by atoms with Crippen LogP contribution in [-0.2, 0) is 17.8 Å². The van der Waals surface area contributed by atoms with Crippen molar-refractivity contribution in [2.24, 2.45) is 0 Å². The molecule has 0 radical (unpaired) electrons. The monoisotopic (exact) mass is 361 g/mol. The molecule has 0 aliphatic rings. The van der Waals surface area contributed by atoms with Gasteiger partial charge in [-0.15, -0.1) is 10.2 Å². The van der Waals surface area contributed by atoms with E-state index < -0.39 is 0 Å². The van der Waals surface area contributed by atoms with Crippen LogP contribution in [0.2, 0.25) is 10.0 Å². The summed E-state index contributed by atoms with van der Waals surface area (Å²) in [4.78, 5) is 11.9. The Morgan fingerprint density at radius 1 is 0.958 bits per heavy atom. The summed E-state index contributed by atoms with van der Waals surface area (Å²) in [6.45, 7) is 0.174. The van der Waals surface area contributed by atoms with Crippen LogP contribution in [0.4, 0.5) is 0 Å². The number of carbonyl (C=O) groups excluding carboxylic acids is 1. The van der Waals surface area contributed by atoms with Gasteiger partial charge in [-0.3, -0.25) is 4.79 Å². The Labute approximate surface area is 148 Å². The Bertz CT molecular complexity index is 830. The summed E-state index contributed by atoms with van der Waals surface area (Å²) in [6, 6.07) is 14.2. The maximum Gasteiger partial charge on any atom is 0.247 e. The minimum Gasteiger partial charge on any atom is -0.419 e. The molecule has 0 fully saturated rings. The van der Waals surface area contributed by atoms with Gasteiger partial charge in [0.2, 0.25) is 17.7 Å². The number of nitrogens with zero attached hydrogens (tertiary/aromatic N) is 2. The van der Waals surface area contributed by atoms with E-state index in [1.165, 1.54) is 0 Å². The highest BCUT2D eigenvalue weighted by atomic mass is 35.5. The van der Waals surface area contributed by atoms with Gasteiger partial charge in [0, 0.05) is 15.6 Å². The average molecular weight is 362 g/mol. The van der Waals surface area contributed by atoms with E-state index >= 15 is 0 Å². The largest absolute Gasteiger partial charge is 0.419 e. The minimum absolute atomic E-state index is 0.136. The van der Waals surface area contributed by atoms with Crippen molar-refractivity contribution in [2.75, 3.05) is 0 Å². The zero-order chi connectivity index (χ0) is 16.9. The molecule has 3 aromatic rings. The van der Waals surface area contributed by atoms with Gasteiger partial charge in [0.25, 0.3) is 0 Å². The molecule has 0 aliphatic heterocycles. The van der Waals surface area contributed by atoms with Gasteiger partial charge in [0.15, 0.2) is 0 Å². The van der Waals surface area contributed by atoms with Gasteiger partial charge in [-0.2, -0.15) is 0 Å². The summed E-state index contributed by atoms with van der Waals surface area (Å²) >= 11 is 11.7. The Balaban J connectivity index is 1.56. The normalized spacial score (nSPS) is 10.6. The molecule has 122 valence electrons. The van der Waals surface area contributed by atoms with E-state index in [0.29, 0.717) is 21.8 Å². The number of hydrogen-bond acceptors (Lipinski definition) is 4. The zero-order valence-electron chi connectivity index (χ0n) is 12.5. The maximum atomic E-state index is 11.9. The van der Waals surface area contributed by atoms with Crippen LogP contribution in [0.5, 0.6) is 0 Å². The molecule has 7 heteroatoms. The second-order valence-corrected chi connectivity index (χ2v) is 5.96. The molecule has 1 aromatic heterocycles. The molecule has 0 saturated carbocycles. The predicted molar refractivity (Wildman–Crippen MR) is 91.7 cm³/mol. The highest BCUT2D eigenvalue weighted by Crippen LogP contribution is 2.20. The molecule has 2 aromatic carbocycles. The van der Waals surface area contributed by atoms with Crippen LogP contribution in [-0.4, -0.2) is 16.1 Å². The summed E-state index contributed by atoms with van der Waals surface area (Å²) in [5.41, 5.74) is 1.65. The second-order valence-electron chi connectivity index (χ2n) is 5.09. The quantitative estimate of drug-likeness (QED) is 0.748. The molecule has 0 bridgehead atoms. The molecular weight excluding hydrogens is 349 g/mol. The molecule has 0 saturated heterocycles. The van der Waals surface area contributed by atoms with Crippen molar-refractivity contribution in [3.8, 4) is 11.5 Å². The average Bonchev–Trinajstić information content (AvgIpc) is 3.05. The number of nitrogens with one attached hydrogen (secondary N) is 1. The molecule has 0 unspecified atom stereocenters. The lowest BCUT2D eigenvalue weighted by atomic mass is 10.1. The topological polar surface area (TPSA) is 68.0 Å². The number of aromatic nitrogens is 2. The van der Waals surface area contributed by atoms with E-state index in [4.69, 9.17) is 27.6 Å². The standard InChI is InChI=1S/C17H13Cl2N3O2/c18-13-5-1-11(2-6-13)9-15(23)20-10-16-21-22-17(24-16)12-3-7-14(19)8-4-12/h1-8H,9-10H2,(H,20,23). The zero-order valence-corrected chi connectivity index (χ0v) is 14.0. The van der Waals surface area contributed by atoms with Crippen molar-refractivity contribution < 1.29 is 9.21 Å². The van der Waals surface area contributed by atoms with Crippen LogP contribution in [0.3, 0.4) is 0 Å². The molecule has 24 heavy (non-hydrogen) atoms. The van der Waals surface area contributed by atoms with Crippen LogP contribution < -0.4 is 5.32 Å². The molecule has 1 amide bonds. The van der Waals surface area contributed by atoms with Crippen molar-refractivity contribution in [3.63, 3.8) is 0 Å². The van der Waals surface area contributed by atoms with Gasteiger partial charge in [0.05, 0.1) is 13.0 Å². The van der Waals surface area contributed by atoms with E-state index in [1.54, 1.807) is 36.4 Å².